The van der Waals surface area contributed by atoms with Crippen molar-refractivity contribution in [3.05, 3.63) is 228 Å². The highest BCUT2D eigenvalue weighted by Gasteiger charge is 2.28. The molecule has 2 aliphatic carbocycles. The van der Waals surface area contributed by atoms with Crippen molar-refractivity contribution in [3.8, 4) is 33.4 Å². The Labute approximate surface area is 345 Å². The standard InChI is InChI=1S/C57H51N/c1-7-15-39(11-5)42-23-28-51(29-24-42)58(53-37-48(40(12-6)16-8-2)36-49(38-53)41(17-9-3)18-10-4)52-30-25-43(26-31-52)44-27-32-55-50(33-44)35-47-22-21-46-34-45-19-13-14-20-54(45)56(46)57(47)55/h7-9,11-33,36-38H,1,5,10,34-35H2,2-4,6H3/b16-8-,17-9-,39-15+,40-12+,41-18+. The zero-order valence-electron chi connectivity index (χ0n) is 34.2. The fraction of sp³-hybridized carbons (Fsp3) is 0.123. The van der Waals surface area contributed by atoms with Crippen molar-refractivity contribution in [1.82, 2.24) is 0 Å². The van der Waals surface area contributed by atoms with Gasteiger partial charge in [-0.1, -0.05) is 154 Å². The minimum atomic E-state index is 0.950. The van der Waals surface area contributed by atoms with Crippen LogP contribution in [0.4, 0.5) is 17.1 Å². The third-order valence-electron chi connectivity index (χ3n) is 11.5. The van der Waals surface area contributed by atoms with Crippen LogP contribution in [0, 0.1) is 0 Å². The van der Waals surface area contributed by atoms with E-state index < -0.39 is 0 Å². The van der Waals surface area contributed by atoms with Crippen LogP contribution in [0.25, 0.3) is 50.1 Å². The second-order valence-corrected chi connectivity index (χ2v) is 15.1. The van der Waals surface area contributed by atoms with Gasteiger partial charge in [0.05, 0.1) is 0 Å². The van der Waals surface area contributed by atoms with Crippen LogP contribution < -0.4 is 4.90 Å². The molecule has 0 atom stereocenters. The predicted molar refractivity (Wildman–Crippen MR) is 253 cm³/mol. The van der Waals surface area contributed by atoms with E-state index in [4.69, 9.17) is 0 Å². The van der Waals surface area contributed by atoms with Gasteiger partial charge in [-0.2, -0.15) is 0 Å². The summed E-state index contributed by atoms with van der Waals surface area (Å²) in [7, 11) is 0. The van der Waals surface area contributed by atoms with Crippen LogP contribution in [-0.2, 0) is 12.8 Å². The van der Waals surface area contributed by atoms with E-state index in [2.05, 4.69) is 204 Å². The SMILES string of the molecule is C=C/C=C(\C=C)c1ccc(N(c2ccc(-c3ccc4c(c3)Cc3ccc5c(c3-4)-c3ccccc3C5)cc2)c2cc(C(/C=C\C)=C/C)cc(C(/C=C\C)=C/CC)c2)cc1. The number of nitrogens with zero attached hydrogens (tertiary/aromatic N) is 1. The molecule has 0 spiro atoms. The highest BCUT2D eigenvalue weighted by molar-refractivity contribution is 5.96. The van der Waals surface area contributed by atoms with Crippen LogP contribution in [-0.4, -0.2) is 0 Å². The van der Waals surface area contributed by atoms with E-state index in [0.717, 1.165) is 47.5 Å². The van der Waals surface area contributed by atoms with E-state index in [0.29, 0.717) is 0 Å². The fourth-order valence-corrected chi connectivity index (χ4v) is 8.85. The van der Waals surface area contributed by atoms with Crippen LogP contribution in [0.15, 0.2) is 189 Å². The van der Waals surface area contributed by atoms with Crippen molar-refractivity contribution in [1.29, 1.82) is 0 Å². The Bertz CT molecular complexity index is 2690. The van der Waals surface area contributed by atoms with Crippen molar-refractivity contribution >= 4 is 33.8 Å². The third-order valence-corrected chi connectivity index (χ3v) is 11.5. The molecule has 6 aromatic carbocycles. The highest BCUT2D eigenvalue weighted by atomic mass is 15.1. The summed E-state index contributed by atoms with van der Waals surface area (Å²) < 4.78 is 0. The second kappa shape index (κ2) is 16.8. The Balaban J connectivity index is 1.22. The number of fused-ring (bicyclic) bond motifs is 7. The Hall–Kier alpha value is -6.70. The average molecular weight is 750 g/mol. The minimum absolute atomic E-state index is 0.950. The number of hydrogen-bond acceptors (Lipinski definition) is 1. The van der Waals surface area contributed by atoms with Gasteiger partial charge in [-0.05, 0) is 172 Å². The van der Waals surface area contributed by atoms with Gasteiger partial charge in [0.25, 0.3) is 0 Å². The lowest BCUT2D eigenvalue weighted by molar-refractivity contribution is 1.22. The van der Waals surface area contributed by atoms with E-state index in [1.807, 2.05) is 18.2 Å². The first kappa shape index (κ1) is 38.2. The van der Waals surface area contributed by atoms with Gasteiger partial charge in [-0.15, -0.1) is 0 Å². The zero-order chi connectivity index (χ0) is 40.2. The molecule has 0 saturated carbocycles. The van der Waals surface area contributed by atoms with Crippen molar-refractivity contribution < 1.29 is 0 Å². The number of allylic oxidation sites excluding steroid dienone is 12. The first-order valence-electron chi connectivity index (χ1n) is 20.6. The Morgan fingerprint density at radius 1 is 0.552 bits per heavy atom. The molecule has 0 aromatic heterocycles. The molecule has 0 aliphatic heterocycles. The van der Waals surface area contributed by atoms with E-state index in [1.165, 1.54) is 77.9 Å². The summed E-state index contributed by atoms with van der Waals surface area (Å²) in [6.45, 7) is 16.4. The van der Waals surface area contributed by atoms with Crippen molar-refractivity contribution in [2.75, 3.05) is 4.90 Å². The molecule has 0 unspecified atom stereocenters. The monoisotopic (exact) mass is 749 g/mol. The second-order valence-electron chi connectivity index (χ2n) is 15.1. The molecule has 0 radical (unpaired) electrons. The molecule has 6 aromatic rings. The predicted octanol–water partition coefficient (Wildman–Crippen LogP) is 16.1. The van der Waals surface area contributed by atoms with Crippen molar-refractivity contribution in [3.63, 3.8) is 0 Å². The van der Waals surface area contributed by atoms with Gasteiger partial charge in [-0.3, -0.25) is 0 Å². The molecule has 0 heterocycles. The summed E-state index contributed by atoms with van der Waals surface area (Å²) in [6.07, 6.45) is 21.8. The van der Waals surface area contributed by atoms with Gasteiger partial charge in [0.15, 0.2) is 0 Å². The maximum atomic E-state index is 4.05. The van der Waals surface area contributed by atoms with Crippen LogP contribution in [0.2, 0.25) is 0 Å². The molecule has 1 heteroatoms. The molecule has 0 bridgehead atoms. The summed E-state index contributed by atoms with van der Waals surface area (Å²) in [4.78, 5) is 2.38. The lowest BCUT2D eigenvalue weighted by Crippen LogP contribution is -2.11. The van der Waals surface area contributed by atoms with Crippen LogP contribution in [0.5, 0.6) is 0 Å². The quantitative estimate of drug-likeness (QED) is 0.112. The van der Waals surface area contributed by atoms with Gasteiger partial charge in [0.2, 0.25) is 0 Å². The molecule has 0 fully saturated rings. The summed E-state index contributed by atoms with van der Waals surface area (Å²) >= 11 is 0. The molecular weight excluding hydrogens is 699 g/mol. The normalized spacial score (nSPS) is 13.4. The molecule has 8 rings (SSSR count). The number of anilines is 3. The lowest BCUT2D eigenvalue weighted by atomic mass is 9.93. The van der Waals surface area contributed by atoms with E-state index in [1.54, 1.807) is 0 Å². The first-order chi connectivity index (χ1) is 28.5. The van der Waals surface area contributed by atoms with Gasteiger partial charge >= 0.3 is 0 Å². The zero-order valence-corrected chi connectivity index (χ0v) is 34.2. The van der Waals surface area contributed by atoms with E-state index >= 15 is 0 Å². The maximum Gasteiger partial charge on any atom is 0.0473 e. The van der Waals surface area contributed by atoms with Gasteiger partial charge in [0, 0.05) is 17.1 Å². The molecule has 0 N–H and O–H groups in total. The highest BCUT2D eigenvalue weighted by Crippen LogP contribution is 2.50. The van der Waals surface area contributed by atoms with E-state index in [-0.39, 0.29) is 0 Å². The minimum Gasteiger partial charge on any atom is -0.310 e. The smallest absolute Gasteiger partial charge is 0.0473 e. The molecule has 58 heavy (non-hydrogen) atoms. The van der Waals surface area contributed by atoms with Crippen LogP contribution in [0.1, 0.15) is 73.1 Å². The number of hydrogen-bond donors (Lipinski definition) is 0. The maximum absolute atomic E-state index is 4.05. The largest absolute Gasteiger partial charge is 0.310 e. The Morgan fingerprint density at radius 2 is 1.16 bits per heavy atom. The molecular formula is C57H51N. The van der Waals surface area contributed by atoms with Crippen LogP contribution >= 0.6 is 0 Å². The van der Waals surface area contributed by atoms with E-state index in [9.17, 15) is 0 Å². The molecule has 0 amide bonds. The summed E-state index contributed by atoms with van der Waals surface area (Å²) in [6, 6.07) is 45.6. The molecule has 284 valence electrons. The lowest BCUT2D eigenvalue weighted by Gasteiger charge is -2.27. The number of rotatable bonds is 12. The number of benzene rings is 6. The average Bonchev–Trinajstić information content (AvgIpc) is 3.83. The third kappa shape index (κ3) is 7.21. The van der Waals surface area contributed by atoms with Gasteiger partial charge < -0.3 is 4.90 Å². The topological polar surface area (TPSA) is 3.24 Å². The summed E-state index contributed by atoms with van der Waals surface area (Å²) in [5, 5.41) is 0. The summed E-state index contributed by atoms with van der Waals surface area (Å²) in [5.74, 6) is 0. The molecule has 0 saturated heterocycles. The molecule has 1 nitrogen and oxygen atoms in total. The summed E-state index contributed by atoms with van der Waals surface area (Å²) in [5.41, 5.74) is 24.0. The van der Waals surface area contributed by atoms with Crippen LogP contribution in [0.3, 0.4) is 0 Å². The van der Waals surface area contributed by atoms with Crippen molar-refractivity contribution in [2.24, 2.45) is 0 Å². The Morgan fingerprint density at radius 3 is 1.79 bits per heavy atom. The first-order valence-corrected chi connectivity index (χ1v) is 20.6. The fourth-order valence-electron chi connectivity index (χ4n) is 8.85. The van der Waals surface area contributed by atoms with Gasteiger partial charge in [-0.25, -0.2) is 0 Å². The Kier molecular flexibility index (Phi) is 11.1. The van der Waals surface area contributed by atoms with Crippen molar-refractivity contribution in [2.45, 2.75) is 47.0 Å². The van der Waals surface area contributed by atoms with Gasteiger partial charge in [0.1, 0.15) is 0 Å². The molecule has 2 aliphatic rings.